The molecule has 0 N–H and O–H groups in total. The summed E-state index contributed by atoms with van der Waals surface area (Å²) in [5, 5.41) is 0.530. The molecule has 0 aliphatic carbocycles. The fourth-order valence-electron chi connectivity index (χ4n) is 1.92. The quantitative estimate of drug-likeness (QED) is 0.866. The van der Waals surface area contributed by atoms with Gasteiger partial charge in [0.05, 0.1) is 19.2 Å². The molecule has 0 aliphatic heterocycles. The Morgan fingerprint density at radius 1 is 1.35 bits per heavy atom. The second-order valence-corrected chi connectivity index (χ2v) is 4.95. The van der Waals surface area contributed by atoms with Gasteiger partial charge in [-0.1, -0.05) is 11.6 Å². The highest BCUT2D eigenvalue weighted by Gasteiger charge is 2.18. The number of benzene rings is 1. The van der Waals surface area contributed by atoms with E-state index in [4.69, 9.17) is 20.8 Å². The van der Waals surface area contributed by atoms with Crippen molar-refractivity contribution in [1.82, 2.24) is 4.90 Å². The molecular formula is C15H16ClNO3. The van der Waals surface area contributed by atoms with Crippen LogP contribution in [0.4, 0.5) is 0 Å². The second-order valence-electron chi connectivity index (χ2n) is 4.52. The summed E-state index contributed by atoms with van der Waals surface area (Å²) in [6, 6.07) is 8.68. The first-order chi connectivity index (χ1) is 9.51. The maximum Gasteiger partial charge on any atom is 0.257 e. The average Bonchev–Trinajstić information content (AvgIpc) is 2.83. The zero-order chi connectivity index (χ0) is 14.7. The molecule has 1 amide bonds. The molecule has 2 rings (SSSR count). The van der Waals surface area contributed by atoms with Crippen LogP contribution in [0.25, 0.3) is 0 Å². The number of hydrogen-bond acceptors (Lipinski definition) is 3. The SMILES string of the molecule is COc1cc(Cl)ccc1C(=O)N(C)Cc1ccc(C)o1. The number of hydrogen-bond donors (Lipinski definition) is 0. The van der Waals surface area contributed by atoms with Gasteiger partial charge in [0, 0.05) is 12.1 Å². The molecule has 106 valence electrons. The Morgan fingerprint density at radius 3 is 2.70 bits per heavy atom. The Balaban J connectivity index is 2.18. The van der Waals surface area contributed by atoms with E-state index in [0.29, 0.717) is 22.9 Å². The number of carbonyl (C=O) groups excluding carboxylic acids is 1. The predicted octanol–water partition coefficient (Wildman–Crippen LogP) is 3.52. The van der Waals surface area contributed by atoms with Crippen LogP contribution in [0.15, 0.2) is 34.7 Å². The third kappa shape index (κ3) is 3.14. The first-order valence-electron chi connectivity index (χ1n) is 6.15. The van der Waals surface area contributed by atoms with Crippen molar-refractivity contribution in [3.63, 3.8) is 0 Å². The van der Waals surface area contributed by atoms with E-state index < -0.39 is 0 Å². The summed E-state index contributed by atoms with van der Waals surface area (Å²) >= 11 is 5.89. The molecule has 0 radical (unpaired) electrons. The summed E-state index contributed by atoms with van der Waals surface area (Å²) in [4.78, 5) is 14.0. The number of aryl methyl sites for hydroxylation is 1. The molecule has 0 saturated heterocycles. The molecule has 1 aromatic heterocycles. The van der Waals surface area contributed by atoms with Gasteiger partial charge in [-0.05, 0) is 37.3 Å². The van der Waals surface area contributed by atoms with Crippen LogP contribution in [0, 0.1) is 6.92 Å². The first-order valence-corrected chi connectivity index (χ1v) is 6.53. The largest absolute Gasteiger partial charge is 0.496 e. The minimum atomic E-state index is -0.146. The number of carbonyl (C=O) groups is 1. The molecule has 0 fully saturated rings. The number of nitrogens with zero attached hydrogens (tertiary/aromatic N) is 1. The van der Waals surface area contributed by atoms with Gasteiger partial charge in [0.1, 0.15) is 17.3 Å². The van der Waals surface area contributed by atoms with Crippen LogP contribution >= 0.6 is 11.6 Å². The van der Waals surface area contributed by atoms with Gasteiger partial charge in [-0.15, -0.1) is 0 Å². The van der Waals surface area contributed by atoms with Crippen LogP contribution in [0.3, 0.4) is 0 Å². The summed E-state index contributed by atoms with van der Waals surface area (Å²) in [5.74, 6) is 1.88. The normalized spacial score (nSPS) is 10.4. The zero-order valence-electron chi connectivity index (χ0n) is 11.6. The van der Waals surface area contributed by atoms with E-state index in [2.05, 4.69) is 0 Å². The van der Waals surface area contributed by atoms with Crippen LogP contribution < -0.4 is 4.74 Å². The fourth-order valence-corrected chi connectivity index (χ4v) is 2.09. The van der Waals surface area contributed by atoms with Crippen molar-refractivity contribution in [2.75, 3.05) is 14.2 Å². The Hall–Kier alpha value is -1.94. The fraction of sp³-hybridized carbons (Fsp3) is 0.267. The van der Waals surface area contributed by atoms with E-state index >= 15 is 0 Å². The summed E-state index contributed by atoms with van der Waals surface area (Å²) in [7, 11) is 3.23. The first kappa shape index (κ1) is 14.5. The van der Waals surface area contributed by atoms with Gasteiger partial charge in [0.15, 0.2) is 0 Å². The van der Waals surface area contributed by atoms with Crippen LogP contribution in [0.2, 0.25) is 5.02 Å². The van der Waals surface area contributed by atoms with E-state index in [1.54, 1.807) is 30.1 Å². The molecule has 0 unspecified atom stereocenters. The van der Waals surface area contributed by atoms with Crippen LogP contribution in [0.1, 0.15) is 21.9 Å². The average molecular weight is 294 g/mol. The van der Waals surface area contributed by atoms with Crippen molar-refractivity contribution >= 4 is 17.5 Å². The lowest BCUT2D eigenvalue weighted by Gasteiger charge is -2.17. The molecule has 0 aliphatic rings. The number of furan rings is 1. The third-order valence-corrected chi connectivity index (χ3v) is 3.16. The van der Waals surface area contributed by atoms with Crippen LogP contribution in [-0.4, -0.2) is 25.0 Å². The molecular weight excluding hydrogens is 278 g/mol. The van der Waals surface area contributed by atoms with Gasteiger partial charge in [0.2, 0.25) is 0 Å². The van der Waals surface area contributed by atoms with E-state index in [-0.39, 0.29) is 5.91 Å². The van der Waals surface area contributed by atoms with Crippen molar-refractivity contribution in [1.29, 1.82) is 0 Å². The number of ether oxygens (including phenoxy) is 1. The Labute approximate surface area is 122 Å². The maximum absolute atomic E-state index is 12.4. The van der Waals surface area contributed by atoms with Gasteiger partial charge in [-0.2, -0.15) is 0 Å². The van der Waals surface area contributed by atoms with E-state index in [9.17, 15) is 4.79 Å². The molecule has 1 aromatic carbocycles. The van der Waals surface area contributed by atoms with Crippen molar-refractivity contribution < 1.29 is 13.9 Å². The number of amides is 1. The number of halogens is 1. The molecule has 0 spiro atoms. The van der Waals surface area contributed by atoms with Gasteiger partial charge in [-0.3, -0.25) is 4.79 Å². The lowest BCUT2D eigenvalue weighted by molar-refractivity contribution is 0.0771. The summed E-state index contributed by atoms with van der Waals surface area (Å²) in [6.45, 7) is 2.27. The van der Waals surface area contributed by atoms with Crippen molar-refractivity contribution in [3.05, 3.63) is 52.4 Å². The predicted molar refractivity (Wildman–Crippen MR) is 77.2 cm³/mol. The topological polar surface area (TPSA) is 42.7 Å². The van der Waals surface area contributed by atoms with E-state index in [0.717, 1.165) is 11.5 Å². The van der Waals surface area contributed by atoms with Crippen molar-refractivity contribution in [2.45, 2.75) is 13.5 Å². The minimum Gasteiger partial charge on any atom is -0.496 e. The molecule has 4 nitrogen and oxygen atoms in total. The molecule has 1 heterocycles. The third-order valence-electron chi connectivity index (χ3n) is 2.93. The van der Waals surface area contributed by atoms with E-state index in [1.165, 1.54) is 7.11 Å². The van der Waals surface area contributed by atoms with Gasteiger partial charge in [-0.25, -0.2) is 0 Å². The van der Waals surface area contributed by atoms with Gasteiger partial charge >= 0.3 is 0 Å². The molecule has 5 heteroatoms. The highest BCUT2D eigenvalue weighted by atomic mass is 35.5. The lowest BCUT2D eigenvalue weighted by atomic mass is 10.1. The second kappa shape index (κ2) is 6.01. The van der Waals surface area contributed by atoms with E-state index in [1.807, 2.05) is 19.1 Å². The standard InChI is InChI=1S/C15H16ClNO3/c1-10-4-6-12(20-10)9-17(2)15(18)13-7-5-11(16)8-14(13)19-3/h4-8H,9H2,1-3H3. The highest BCUT2D eigenvalue weighted by molar-refractivity contribution is 6.30. The lowest BCUT2D eigenvalue weighted by Crippen LogP contribution is -2.26. The summed E-state index contributed by atoms with van der Waals surface area (Å²) in [5.41, 5.74) is 0.475. The van der Waals surface area contributed by atoms with Crippen molar-refractivity contribution in [3.8, 4) is 5.75 Å². The minimum absolute atomic E-state index is 0.146. The van der Waals surface area contributed by atoms with Gasteiger partial charge < -0.3 is 14.1 Å². The number of rotatable bonds is 4. The van der Waals surface area contributed by atoms with Crippen LogP contribution in [0.5, 0.6) is 5.75 Å². The summed E-state index contributed by atoms with van der Waals surface area (Å²) < 4.78 is 10.7. The van der Waals surface area contributed by atoms with Crippen LogP contribution in [-0.2, 0) is 6.54 Å². The smallest absolute Gasteiger partial charge is 0.257 e. The molecule has 0 bridgehead atoms. The molecule has 0 saturated carbocycles. The monoisotopic (exact) mass is 293 g/mol. The molecule has 2 aromatic rings. The Kier molecular flexibility index (Phi) is 4.35. The number of methoxy groups -OCH3 is 1. The Bertz CT molecular complexity index is 621. The van der Waals surface area contributed by atoms with Gasteiger partial charge in [0.25, 0.3) is 5.91 Å². The van der Waals surface area contributed by atoms with Crippen molar-refractivity contribution in [2.24, 2.45) is 0 Å². The zero-order valence-corrected chi connectivity index (χ0v) is 12.4. The highest BCUT2D eigenvalue weighted by Crippen LogP contribution is 2.24. The molecule has 20 heavy (non-hydrogen) atoms. The molecule has 0 atom stereocenters. The maximum atomic E-state index is 12.4. The summed E-state index contributed by atoms with van der Waals surface area (Å²) in [6.07, 6.45) is 0. The Morgan fingerprint density at radius 2 is 2.10 bits per heavy atom.